The number of nitrogens with zero attached hydrogens (tertiary/aromatic N) is 1. The van der Waals surface area contributed by atoms with Gasteiger partial charge in [0.15, 0.2) is 22.3 Å². The van der Waals surface area contributed by atoms with Gasteiger partial charge in [0.1, 0.15) is 0 Å². The van der Waals surface area contributed by atoms with Crippen LogP contribution in [0.5, 0.6) is 11.5 Å². The summed E-state index contributed by atoms with van der Waals surface area (Å²) < 4.78 is 12.4. The molecule has 0 aliphatic carbocycles. The van der Waals surface area contributed by atoms with Crippen LogP contribution in [0.15, 0.2) is 36.4 Å². The van der Waals surface area contributed by atoms with E-state index >= 15 is 0 Å². The number of fused-ring (bicyclic) bond motifs is 4. The zero-order chi connectivity index (χ0) is 18.5. The van der Waals surface area contributed by atoms with Gasteiger partial charge < -0.3 is 14.8 Å². The standard InChI is InChI=1S/C21H24N2O2S/c1-5-24-18-8-6-7-15-16-12-21(4,25-19(15)18)23(20(26)22-16)17-11-13(2)9-10-14(17)3/h6-11,16H,5,12H2,1-4H3,(H,22,26). The predicted octanol–water partition coefficient (Wildman–Crippen LogP) is 4.64. The van der Waals surface area contributed by atoms with Crippen LogP contribution in [0, 0.1) is 13.8 Å². The quantitative estimate of drug-likeness (QED) is 0.799. The summed E-state index contributed by atoms with van der Waals surface area (Å²) >= 11 is 5.75. The molecule has 26 heavy (non-hydrogen) atoms. The number of anilines is 1. The van der Waals surface area contributed by atoms with Crippen molar-refractivity contribution in [3.8, 4) is 11.5 Å². The molecule has 1 N–H and O–H groups in total. The molecule has 5 heteroatoms. The second kappa shape index (κ2) is 6.16. The minimum Gasteiger partial charge on any atom is -0.490 e. The smallest absolute Gasteiger partial charge is 0.188 e. The van der Waals surface area contributed by atoms with Crippen LogP contribution < -0.4 is 19.7 Å². The van der Waals surface area contributed by atoms with Crippen molar-refractivity contribution < 1.29 is 9.47 Å². The Kier molecular flexibility index (Phi) is 4.07. The molecule has 1 saturated heterocycles. The summed E-state index contributed by atoms with van der Waals surface area (Å²) in [5.41, 5.74) is 4.00. The van der Waals surface area contributed by atoms with E-state index in [1.807, 2.05) is 19.1 Å². The zero-order valence-electron chi connectivity index (χ0n) is 15.6. The number of para-hydroxylation sites is 1. The molecule has 2 aliphatic heterocycles. The van der Waals surface area contributed by atoms with E-state index in [4.69, 9.17) is 21.7 Å². The fraction of sp³-hybridized carbons (Fsp3) is 0.381. The van der Waals surface area contributed by atoms with E-state index in [0.29, 0.717) is 11.7 Å². The van der Waals surface area contributed by atoms with Gasteiger partial charge in [-0.15, -0.1) is 0 Å². The van der Waals surface area contributed by atoms with E-state index in [0.717, 1.165) is 29.2 Å². The molecule has 1 fully saturated rings. The van der Waals surface area contributed by atoms with E-state index in [9.17, 15) is 0 Å². The second-order valence-corrected chi connectivity index (χ2v) is 7.60. The Labute approximate surface area is 160 Å². The van der Waals surface area contributed by atoms with Gasteiger partial charge in [0, 0.05) is 12.0 Å². The Bertz CT molecular complexity index is 882. The minimum absolute atomic E-state index is 0.123. The van der Waals surface area contributed by atoms with Crippen LogP contribution in [-0.4, -0.2) is 17.4 Å². The average molecular weight is 369 g/mol. The number of hydrogen-bond donors (Lipinski definition) is 1. The Morgan fingerprint density at radius 3 is 2.88 bits per heavy atom. The zero-order valence-corrected chi connectivity index (χ0v) is 16.4. The van der Waals surface area contributed by atoms with Gasteiger partial charge in [0.05, 0.1) is 18.3 Å². The molecule has 0 saturated carbocycles. The summed E-state index contributed by atoms with van der Waals surface area (Å²) in [7, 11) is 0. The van der Waals surface area contributed by atoms with Crippen LogP contribution >= 0.6 is 12.2 Å². The van der Waals surface area contributed by atoms with E-state index < -0.39 is 5.72 Å². The molecule has 2 aromatic carbocycles. The van der Waals surface area contributed by atoms with Crippen molar-refractivity contribution in [1.82, 2.24) is 5.32 Å². The molecular formula is C21H24N2O2S. The molecule has 136 valence electrons. The molecular weight excluding hydrogens is 344 g/mol. The van der Waals surface area contributed by atoms with Gasteiger partial charge in [0.25, 0.3) is 0 Å². The summed E-state index contributed by atoms with van der Waals surface area (Å²) in [6.45, 7) is 8.91. The molecule has 0 spiro atoms. The maximum absolute atomic E-state index is 6.58. The van der Waals surface area contributed by atoms with Crippen molar-refractivity contribution >= 4 is 23.0 Å². The Morgan fingerprint density at radius 2 is 2.12 bits per heavy atom. The molecule has 2 aliphatic rings. The van der Waals surface area contributed by atoms with Crippen LogP contribution in [0.3, 0.4) is 0 Å². The monoisotopic (exact) mass is 368 g/mol. The first kappa shape index (κ1) is 17.2. The van der Waals surface area contributed by atoms with Crippen LogP contribution in [0.2, 0.25) is 0 Å². The first-order valence-corrected chi connectivity index (χ1v) is 9.46. The molecule has 4 rings (SSSR count). The van der Waals surface area contributed by atoms with Gasteiger partial charge in [-0.25, -0.2) is 0 Å². The highest BCUT2D eigenvalue weighted by atomic mass is 32.1. The van der Waals surface area contributed by atoms with Gasteiger partial charge in [-0.2, -0.15) is 0 Å². The van der Waals surface area contributed by atoms with E-state index in [1.165, 1.54) is 11.1 Å². The molecule has 2 aromatic rings. The van der Waals surface area contributed by atoms with E-state index in [-0.39, 0.29) is 6.04 Å². The Morgan fingerprint density at radius 1 is 1.31 bits per heavy atom. The lowest BCUT2D eigenvalue weighted by Gasteiger charge is -2.52. The SMILES string of the molecule is CCOc1cccc2c1OC1(C)CC2NC(=S)N1c1cc(C)ccc1C. The van der Waals surface area contributed by atoms with Crippen LogP contribution in [0.25, 0.3) is 0 Å². The summed E-state index contributed by atoms with van der Waals surface area (Å²) in [6.07, 6.45) is 0.809. The first-order valence-electron chi connectivity index (χ1n) is 9.05. The van der Waals surface area contributed by atoms with Gasteiger partial charge >= 0.3 is 0 Å². The van der Waals surface area contributed by atoms with Gasteiger partial charge in [-0.05, 0) is 63.2 Å². The van der Waals surface area contributed by atoms with Crippen molar-refractivity contribution in [2.45, 2.75) is 45.9 Å². The lowest BCUT2D eigenvalue weighted by molar-refractivity contribution is 0.0456. The van der Waals surface area contributed by atoms with Crippen molar-refractivity contribution in [3.05, 3.63) is 53.1 Å². The second-order valence-electron chi connectivity index (χ2n) is 7.22. The number of benzene rings is 2. The Balaban J connectivity index is 1.83. The van der Waals surface area contributed by atoms with Crippen molar-refractivity contribution in [1.29, 1.82) is 0 Å². The van der Waals surface area contributed by atoms with Gasteiger partial charge in [0.2, 0.25) is 0 Å². The van der Waals surface area contributed by atoms with Crippen molar-refractivity contribution in [3.63, 3.8) is 0 Å². The van der Waals surface area contributed by atoms with Crippen LogP contribution in [0.4, 0.5) is 5.69 Å². The van der Waals surface area contributed by atoms with E-state index in [1.54, 1.807) is 0 Å². The van der Waals surface area contributed by atoms with Crippen molar-refractivity contribution in [2.75, 3.05) is 11.5 Å². The van der Waals surface area contributed by atoms with Gasteiger partial charge in [-0.1, -0.05) is 24.3 Å². The number of hydrogen-bond acceptors (Lipinski definition) is 3. The normalized spacial score (nSPS) is 23.8. The summed E-state index contributed by atoms with van der Waals surface area (Å²) in [4.78, 5) is 2.12. The molecule has 2 bridgehead atoms. The highest BCUT2D eigenvalue weighted by Gasteiger charge is 2.49. The fourth-order valence-corrected chi connectivity index (χ4v) is 4.39. The number of aryl methyl sites for hydroxylation is 2. The van der Waals surface area contributed by atoms with Crippen LogP contribution in [0.1, 0.15) is 43.0 Å². The fourth-order valence-electron chi connectivity index (χ4n) is 3.95. The number of nitrogens with one attached hydrogen (secondary N) is 1. The summed E-state index contributed by atoms with van der Waals surface area (Å²) in [6, 6.07) is 12.6. The molecule has 0 radical (unpaired) electrons. The average Bonchev–Trinajstić information content (AvgIpc) is 2.58. The third kappa shape index (κ3) is 2.62. The van der Waals surface area contributed by atoms with E-state index in [2.05, 4.69) is 55.3 Å². The lowest BCUT2D eigenvalue weighted by atomic mass is 9.89. The van der Waals surface area contributed by atoms with Crippen LogP contribution in [-0.2, 0) is 0 Å². The molecule has 0 aromatic heterocycles. The Hall–Kier alpha value is -2.27. The highest BCUT2D eigenvalue weighted by Crippen LogP contribution is 2.49. The summed E-state index contributed by atoms with van der Waals surface area (Å²) in [5, 5.41) is 4.21. The topological polar surface area (TPSA) is 33.7 Å². The molecule has 4 nitrogen and oxygen atoms in total. The van der Waals surface area contributed by atoms with Crippen molar-refractivity contribution in [2.24, 2.45) is 0 Å². The minimum atomic E-state index is -0.564. The molecule has 2 atom stereocenters. The number of ether oxygens (including phenoxy) is 2. The highest BCUT2D eigenvalue weighted by molar-refractivity contribution is 7.80. The number of thiocarbonyl (C=S) groups is 1. The molecule has 2 unspecified atom stereocenters. The molecule has 0 amide bonds. The largest absolute Gasteiger partial charge is 0.490 e. The molecule has 2 heterocycles. The third-order valence-electron chi connectivity index (χ3n) is 5.17. The number of rotatable bonds is 3. The summed E-state index contributed by atoms with van der Waals surface area (Å²) in [5.74, 6) is 1.61. The predicted molar refractivity (Wildman–Crippen MR) is 108 cm³/mol. The maximum atomic E-state index is 6.58. The maximum Gasteiger partial charge on any atom is 0.188 e. The van der Waals surface area contributed by atoms with Gasteiger partial charge in [-0.3, -0.25) is 4.90 Å². The first-order chi connectivity index (χ1) is 12.4. The lowest BCUT2D eigenvalue weighted by Crippen LogP contribution is -2.65. The third-order valence-corrected chi connectivity index (χ3v) is 5.47.